The van der Waals surface area contributed by atoms with Crippen molar-refractivity contribution in [2.45, 2.75) is 90.4 Å². The monoisotopic (exact) mass is 462 g/mol. The Bertz CT molecular complexity index is 779. The number of halogens is 2. The van der Waals surface area contributed by atoms with E-state index in [-0.39, 0.29) is 17.6 Å². The molecule has 0 bridgehead atoms. The summed E-state index contributed by atoms with van der Waals surface area (Å²) in [5.41, 5.74) is 0. The van der Waals surface area contributed by atoms with Crippen LogP contribution in [0.1, 0.15) is 90.4 Å². The number of esters is 1. The number of hydrogen-bond acceptors (Lipinski definition) is 3. The number of fused-ring (bicyclic) bond motifs is 1. The maximum Gasteiger partial charge on any atom is 0.314 e. The van der Waals surface area contributed by atoms with E-state index >= 15 is 0 Å². The second-order valence-corrected chi connectivity index (χ2v) is 10.9. The number of ether oxygens (including phenoxy) is 2. The molecule has 4 rings (SSSR count). The van der Waals surface area contributed by atoms with Gasteiger partial charge < -0.3 is 9.47 Å². The molecule has 5 heteroatoms. The van der Waals surface area contributed by atoms with Crippen molar-refractivity contribution in [3.63, 3.8) is 0 Å². The van der Waals surface area contributed by atoms with E-state index in [2.05, 4.69) is 11.7 Å². The van der Waals surface area contributed by atoms with E-state index in [1.165, 1.54) is 64.9 Å². The highest BCUT2D eigenvalue weighted by Gasteiger charge is 2.39. The molecule has 4 unspecified atom stereocenters. The molecule has 4 atom stereocenters. The predicted molar refractivity (Wildman–Crippen MR) is 125 cm³/mol. The molecule has 0 aliphatic heterocycles. The maximum absolute atomic E-state index is 13.9. The van der Waals surface area contributed by atoms with Crippen LogP contribution in [-0.2, 0) is 4.79 Å². The van der Waals surface area contributed by atoms with Gasteiger partial charge in [0.2, 0.25) is 0 Å². The van der Waals surface area contributed by atoms with Crippen LogP contribution in [-0.4, -0.2) is 13.1 Å². The SMILES string of the molecule is CCCCC1CCC2CC(C3CCC(C(=O)Oc4cc(F)c(OC)c(F)c4)CC3)CCC2C1. The lowest BCUT2D eigenvalue weighted by Crippen LogP contribution is -2.35. The first-order valence-corrected chi connectivity index (χ1v) is 13.2. The van der Waals surface area contributed by atoms with Crippen molar-refractivity contribution in [1.82, 2.24) is 0 Å². The highest BCUT2D eigenvalue weighted by molar-refractivity contribution is 5.75. The van der Waals surface area contributed by atoms with Crippen molar-refractivity contribution in [2.24, 2.45) is 35.5 Å². The standard InChI is InChI=1S/C28H40F2O3/c1-3-4-5-18-6-7-23-15-22(13-12-21(23)14-18)19-8-10-20(11-9-19)28(31)33-24-16-25(29)27(32-2)26(30)17-24/h16-23H,3-15H2,1-2H3. The third kappa shape index (κ3) is 5.89. The van der Waals surface area contributed by atoms with E-state index in [0.29, 0.717) is 5.92 Å². The number of carbonyl (C=O) groups excluding carboxylic acids is 1. The molecule has 33 heavy (non-hydrogen) atoms. The Hall–Kier alpha value is -1.65. The maximum atomic E-state index is 13.9. The first-order valence-electron chi connectivity index (χ1n) is 13.2. The highest BCUT2D eigenvalue weighted by Crippen LogP contribution is 2.49. The Morgan fingerprint density at radius 2 is 1.45 bits per heavy atom. The molecule has 1 aromatic rings. The third-order valence-electron chi connectivity index (χ3n) is 8.89. The van der Waals surface area contributed by atoms with Crippen LogP contribution in [0.3, 0.4) is 0 Å². The van der Waals surface area contributed by atoms with Gasteiger partial charge in [-0.25, -0.2) is 8.78 Å². The number of methoxy groups -OCH3 is 1. The summed E-state index contributed by atoms with van der Waals surface area (Å²) in [6, 6.07) is 2.03. The minimum Gasteiger partial charge on any atom is -0.491 e. The predicted octanol–water partition coefficient (Wildman–Crippen LogP) is 7.71. The quantitative estimate of drug-likeness (QED) is 0.307. The van der Waals surface area contributed by atoms with Crippen LogP contribution in [0, 0.1) is 47.1 Å². The number of rotatable bonds is 7. The van der Waals surface area contributed by atoms with Crippen LogP contribution in [0.15, 0.2) is 12.1 Å². The van der Waals surface area contributed by atoms with Crippen LogP contribution < -0.4 is 9.47 Å². The van der Waals surface area contributed by atoms with Crippen molar-refractivity contribution in [3.8, 4) is 11.5 Å². The van der Waals surface area contributed by atoms with Crippen LogP contribution in [0.2, 0.25) is 0 Å². The average Bonchev–Trinajstić information content (AvgIpc) is 2.82. The molecular weight excluding hydrogens is 422 g/mol. The van der Waals surface area contributed by atoms with Gasteiger partial charge >= 0.3 is 5.97 Å². The molecule has 0 spiro atoms. The first-order chi connectivity index (χ1) is 16.0. The molecule has 0 amide bonds. The molecule has 0 saturated heterocycles. The topological polar surface area (TPSA) is 35.5 Å². The minimum atomic E-state index is -0.862. The molecule has 0 heterocycles. The highest BCUT2D eigenvalue weighted by atomic mass is 19.1. The summed E-state index contributed by atoms with van der Waals surface area (Å²) in [5, 5.41) is 0. The van der Waals surface area contributed by atoms with Crippen LogP contribution in [0.4, 0.5) is 8.78 Å². The average molecular weight is 463 g/mol. The van der Waals surface area contributed by atoms with Crippen molar-refractivity contribution in [1.29, 1.82) is 0 Å². The van der Waals surface area contributed by atoms with Crippen molar-refractivity contribution in [2.75, 3.05) is 7.11 Å². The Labute approximate surface area is 197 Å². The second kappa shape index (κ2) is 11.2. The number of hydrogen-bond donors (Lipinski definition) is 0. The zero-order valence-corrected chi connectivity index (χ0v) is 20.3. The summed E-state index contributed by atoms with van der Waals surface area (Å²) in [7, 11) is 1.21. The summed E-state index contributed by atoms with van der Waals surface area (Å²) in [5.74, 6) is 1.54. The lowest BCUT2D eigenvalue weighted by atomic mass is 9.60. The number of carbonyl (C=O) groups is 1. The van der Waals surface area contributed by atoms with Crippen LogP contribution in [0.5, 0.6) is 11.5 Å². The van der Waals surface area contributed by atoms with E-state index in [1.54, 1.807) is 0 Å². The number of unbranched alkanes of at least 4 members (excludes halogenated alkanes) is 1. The molecule has 0 radical (unpaired) electrons. The van der Waals surface area contributed by atoms with Crippen LogP contribution >= 0.6 is 0 Å². The van der Waals surface area contributed by atoms with E-state index < -0.39 is 17.4 Å². The van der Waals surface area contributed by atoms with E-state index in [1.807, 2.05) is 0 Å². The van der Waals surface area contributed by atoms with Gasteiger partial charge in [0.05, 0.1) is 13.0 Å². The van der Waals surface area contributed by atoms with Crippen molar-refractivity contribution >= 4 is 5.97 Å². The molecule has 3 nitrogen and oxygen atoms in total. The van der Waals surface area contributed by atoms with E-state index in [4.69, 9.17) is 4.74 Å². The van der Waals surface area contributed by atoms with Gasteiger partial charge in [-0.15, -0.1) is 0 Å². The van der Waals surface area contributed by atoms with Gasteiger partial charge in [0.15, 0.2) is 17.4 Å². The zero-order chi connectivity index (χ0) is 23.4. The first kappa shape index (κ1) is 24.5. The Morgan fingerprint density at radius 1 is 0.879 bits per heavy atom. The van der Waals surface area contributed by atoms with Gasteiger partial charge in [0.1, 0.15) is 5.75 Å². The Morgan fingerprint density at radius 3 is 2.09 bits per heavy atom. The van der Waals surface area contributed by atoms with Crippen molar-refractivity contribution in [3.05, 3.63) is 23.8 Å². The van der Waals surface area contributed by atoms with Gasteiger partial charge in [-0.05, 0) is 87.4 Å². The molecule has 3 saturated carbocycles. The van der Waals surface area contributed by atoms with E-state index in [9.17, 15) is 13.6 Å². The van der Waals surface area contributed by atoms with Gasteiger partial charge in [-0.3, -0.25) is 4.79 Å². The number of benzene rings is 1. The molecule has 1 aromatic carbocycles. The summed E-state index contributed by atoms with van der Waals surface area (Å²) in [6.45, 7) is 2.30. The Kier molecular flexibility index (Phi) is 8.29. The molecule has 3 aliphatic rings. The summed E-state index contributed by atoms with van der Waals surface area (Å²) < 4.78 is 37.8. The lowest BCUT2D eigenvalue weighted by molar-refractivity contribution is -0.140. The molecule has 184 valence electrons. The van der Waals surface area contributed by atoms with Gasteiger partial charge in [0.25, 0.3) is 0 Å². The largest absolute Gasteiger partial charge is 0.491 e. The normalized spacial score (nSPS) is 32.1. The molecule has 0 N–H and O–H groups in total. The van der Waals surface area contributed by atoms with Gasteiger partial charge in [-0.2, -0.15) is 0 Å². The smallest absolute Gasteiger partial charge is 0.314 e. The third-order valence-corrected chi connectivity index (χ3v) is 8.89. The Balaban J connectivity index is 1.24. The minimum absolute atomic E-state index is 0.0919. The summed E-state index contributed by atoms with van der Waals surface area (Å²) in [4.78, 5) is 12.6. The lowest BCUT2D eigenvalue weighted by Gasteiger charge is -2.45. The molecular formula is C28H40F2O3. The fraction of sp³-hybridized carbons (Fsp3) is 0.750. The fourth-order valence-corrected chi connectivity index (χ4v) is 7.02. The van der Waals surface area contributed by atoms with E-state index in [0.717, 1.165) is 61.5 Å². The molecule has 3 fully saturated rings. The fourth-order valence-electron chi connectivity index (χ4n) is 7.02. The summed E-state index contributed by atoms with van der Waals surface area (Å²) in [6.07, 6.45) is 16.3. The molecule has 3 aliphatic carbocycles. The van der Waals surface area contributed by atoms with Crippen molar-refractivity contribution < 1.29 is 23.0 Å². The second-order valence-electron chi connectivity index (χ2n) is 10.9. The van der Waals surface area contributed by atoms with Gasteiger partial charge in [-0.1, -0.05) is 32.6 Å². The van der Waals surface area contributed by atoms with Crippen LogP contribution in [0.25, 0.3) is 0 Å². The zero-order valence-electron chi connectivity index (χ0n) is 20.3. The van der Waals surface area contributed by atoms with Gasteiger partial charge in [0, 0.05) is 12.1 Å². The molecule has 0 aromatic heterocycles. The summed E-state index contributed by atoms with van der Waals surface area (Å²) >= 11 is 0.